The van der Waals surface area contributed by atoms with Crippen LogP contribution >= 0.6 is 11.6 Å². The Morgan fingerprint density at radius 3 is 2.38 bits per heavy atom. The van der Waals surface area contributed by atoms with E-state index in [1.807, 2.05) is 0 Å². The Morgan fingerprint density at radius 2 is 1.76 bits per heavy atom. The van der Waals surface area contributed by atoms with E-state index >= 15 is 0 Å². The molecule has 1 heterocycles. The molecule has 0 spiro atoms. The van der Waals surface area contributed by atoms with Crippen molar-refractivity contribution in [1.82, 2.24) is 9.62 Å². The molecule has 0 atom stereocenters. The van der Waals surface area contributed by atoms with Gasteiger partial charge in [-0.3, -0.25) is 0 Å². The summed E-state index contributed by atoms with van der Waals surface area (Å²) in [6, 6.07) is 8.46. The third kappa shape index (κ3) is 5.65. The van der Waals surface area contributed by atoms with Crippen LogP contribution in [0.25, 0.3) is 0 Å². The zero-order valence-electron chi connectivity index (χ0n) is 15.4. The maximum atomic E-state index is 13.2. The zero-order chi connectivity index (χ0) is 21.0. The van der Waals surface area contributed by atoms with Crippen LogP contribution in [0.1, 0.15) is 12.8 Å². The van der Waals surface area contributed by atoms with Gasteiger partial charge in [-0.2, -0.15) is 0 Å². The summed E-state index contributed by atoms with van der Waals surface area (Å²) < 4.78 is 53.4. The van der Waals surface area contributed by atoms with E-state index in [0.717, 1.165) is 18.2 Å². The van der Waals surface area contributed by atoms with Gasteiger partial charge in [0.15, 0.2) is 0 Å². The minimum Gasteiger partial charge on any atom is -0.325 e. The van der Waals surface area contributed by atoms with Crippen molar-refractivity contribution < 1.29 is 22.0 Å². The van der Waals surface area contributed by atoms with Crippen molar-refractivity contribution in [3.05, 3.63) is 59.1 Å². The molecule has 0 saturated carbocycles. The van der Waals surface area contributed by atoms with Crippen molar-refractivity contribution in [2.75, 3.05) is 25.0 Å². The van der Waals surface area contributed by atoms with Crippen LogP contribution in [0, 0.1) is 17.6 Å². The Hall–Kier alpha value is -2.23. The van der Waals surface area contributed by atoms with E-state index < -0.39 is 15.8 Å². The SMILES string of the molecule is O=C(Nc1ccc(F)cc1)N1CCC(CNS(=O)(=O)c2ccc(F)c(Cl)c2)CC1. The lowest BCUT2D eigenvalue weighted by Crippen LogP contribution is -2.43. The molecule has 0 bridgehead atoms. The van der Waals surface area contributed by atoms with Gasteiger partial charge < -0.3 is 10.2 Å². The Morgan fingerprint density at radius 1 is 1.10 bits per heavy atom. The molecular formula is C19H20ClF2N3O3S. The van der Waals surface area contributed by atoms with Crippen molar-refractivity contribution in [1.29, 1.82) is 0 Å². The molecule has 10 heteroatoms. The van der Waals surface area contributed by atoms with Crippen LogP contribution < -0.4 is 10.0 Å². The quantitative estimate of drug-likeness (QED) is 0.737. The van der Waals surface area contributed by atoms with Crippen molar-refractivity contribution in [3.8, 4) is 0 Å². The first-order chi connectivity index (χ1) is 13.7. The van der Waals surface area contributed by atoms with Crippen molar-refractivity contribution in [2.24, 2.45) is 5.92 Å². The van der Waals surface area contributed by atoms with Gasteiger partial charge in [0.2, 0.25) is 10.0 Å². The maximum Gasteiger partial charge on any atom is 0.321 e. The van der Waals surface area contributed by atoms with Gasteiger partial charge in [-0.25, -0.2) is 26.7 Å². The van der Waals surface area contributed by atoms with Crippen molar-refractivity contribution in [3.63, 3.8) is 0 Å². The summed E-state index contributed by atoms with van der Waals surface area (Å²) in [5, 5.41) is 2.45. The van der Waals surface area contributed by atoms with Crippen LogP contribution in [-0.4, -0.2) is 39.0 Å². The van der Waals surface area contributed by atoms with Crippen LogP contribution in [0.5, 0.6) is 0 Å². The fourth-order valence-corrected chi connectivity index (χ4v) is 4.42. The number of hydrogen-bond donors (Lipinski definition) is 2. The predicted octanol–water partition coefficient (Wildman–Crippen LogP) is 3.84. The van der Waals surface area contributed by atoms with Gasteiger partial charge in [0.25, 0.3) is 0 Å². The molecule has 1 aliphatic rings. The smallest absolute Gasteiger partial charge is 0.321 e. The normalized spacial score (nSPS) is 15.3. The number of carbonyl (C=O) groups is 1. The molecule has 2 N–H and O–H groups in total. The monoisotopic (exact) mass is 443 g/mol. The highest BCUT2D eigenvalue weighted by atomic mass is 35.5. The number of likely N-dealkylation sites (tertiary alicyclic amines) is 1. The molecule has 0 aliphatic carbocycles. The second kappa shape index (κ2) is 9.06. The van der Waals surface area contributed by atoms with Gasteiger partial charge in [0.05, 0.1) is 9.92 Å². The van der Waals surface area contributed by atoms with E-state index in [0.29, 0.717) is 31.6 Å². The molecule has 1 aliphatic heterocycles. The fourth-order valence-electron chi connectivity index (χ4n) is 3.03. The zero-order valence-corrected chi connectivity index (χ0v) is 16.9. The second-order valence-corrected chi connectivity index (χ2v) is 8.97. The molecule has 6 nitrogen and oxygen atoms in total. The number of amides is 2. The Bertz CT molecular complexity index is 979. The standard InChI is InChI=1S/C19H20ClF2N3O3S/c20-17-11-16(5-6-18(17)22)29(27,28)23-12-13-7-9-25(10-8-13)19(26)24-15-3-1-14(21)2-4-15/h1-6,11,13,23H,7-10,12H2,(H,24,26). The number of benzene rings is 2. The Kier molecular flexibility index (Phi) is 6.71. The van der Waals surface area contributed by atoms with Crippen LogP contribution in [0.15, 0.2) is 47.4 Å². The minimum atomic E-state index is -3.80. The lowest BCUT2D eigenvalue weighted by molar-refractivity contribution is 0.183. The summed E-state index contributed by atoms with van der Waals surface area (Å²) in [6.45, 7) is 1.16. The number of piperidine rings is 1. The van der Waals surface area contributed by atoms with Crippen molar-refractivity contribution in [2.45, 2.75) is 17.7 Å². The highest BCUT2D eigenvalue weighted by Crippen LogP contribution is 2.21. The van der Waals surface area contributed by atoms with Gasteiger partial charge in [-0.15, -0.1) is 0 Å². The van der Waals surface area contributed by atoms with Crippen LogP contribution in [0.4, 0.5) is 19.3 Å². The van der Waals surface area contributed by atoms with E-state index in [9.17, 15) is 22.0 Å². The summed E-state index contributed by atoms with van der Waals surface area (Å²) in [5.41, 5.74) is 0.504. The highest BCUT2D eigenvalue weighted by molar-refractivity contribution is 7.89. The van der Waals surface area contributed by atoms with Crippen LogP contribution in [-0.2, 0) is 10.0 Å². The number of carbonyl (C=O) groups excluding carboxylic acids is 1. The molecule has 3 rings (SSSR count). The Balaban J connectivity index is 1.48. The number of anilines is 1. The average Bonchev–Trinajstić information content (AvgIpc) is 2.70. The van der Waals surface area contributed by atoms with Gasteiger partial charge in [0, 0.05) is 25.3 Å². The average molecular weight is 444 g/mol. The number of nitrogens with one attached hydrogen (secondary N) is 2. The molecule has 29 heavy (non-hydrogen) atoms. The molecule has 0 unspecified atom stereocenters. The predicted molar refractivity (Wildman–Crippen MR) is 106 cm³/mol. The third-order valence-electron chi connectivity index (χ3n) is 4.76. The fraction of sp³-hybridized carbons (Fsp3) is 0.316. The summed E-state index contributed by atoms with van der Waals surface area (Å²) >= 11 is 5.65. The minimum absolute atomic E-state index is 0.0653. The number of halogens is 3. The Labute approximate surface area is 172 Å². The third-order valence-corrected chi connectivity index (χ3v) is 6.47. The number of urea groups is 1. The molecule has 2 aromatic rings. The van der Waals surface area contributed by atoms with E-state index in [2.05, 4.69) is 10.0 Å². The van der Waals surface area contributed by atoms with Crippen molar-refractivity contribution >= 4 is 33.3 Å². The first kappa shape index (κ1) is 21.5. The van der Waals surface area contributed by atoms with E-state index in [4.69, 9.17) is 11.6 Å². The van der Waals surface area contributed by atoms with Gasteiger partial charge >= 0.3 is 6.03 Å². The van der Waals surface area contributed by atoms with Crippen LogP contribution in [0.3, 0.4) is 0 Å². The topological polar surface area (TPSA) is 78.5 Å². The molecule has 1 saturated heterocycles. The number of sulfonamides is 1. The summed E-state index contributed by atoms with van der Waals surface area (Å²) in [4.78, 5) is 13.8. The summed E-state index contributed by atoms with van der Waals surface area (Å²) in [7, 11) is -3.80. The van der Waals surface area contributed by atoms with Gasteiger partial charge in [-0.05, 0) is 61.2 Å². The number of rotatable bonds is 5. The van der Waals surface area contributed by atoms with Gasteiger partial charge in [-0.1, -0.05) is 11.6 Å². The lowest BCUT2D eigenvalue weighted by atomic mass is 9.97. The molecule has 2 aromatic carbocycles. The molecule has 0 aromatic heterocycles. The summed E-state index contributed by atoms with van der Waals surface area (Å²) in [5.74, 6) is -0.998. The van der Waals surface area contributed by atoms with E-state index in [-0.39, 0.29) is 34.2 Å². The largest absolute Gasteiger partial charge is 0.325 e. The molecule has 0 radical (unpaired) electrons. The number of nitrogens with zero attached hydrogens (tertiary/aromatic N) is 1. The molecule has 2 amide bonds. The van der Waals surface area contributed by atoms with Gasteiger partial charge in [0.1, 0.15) is 11.6 Å². The van der Waals surface area contributed by atoms with Crippen LogP contribution in [0.2, 0.25) is 5.02 Å². The summed E-state index contributed by atoms with van der Waals surface area (Å²) in [6.07, 6.45) is 1.26. The first-order valence-electron chi connectivity index (χ1n) is 9.01. The molecular weight excluding hydrogens is 424 g/mol. The first-order valence-corrected chi connectivity index (χ1v) is 10.9. The number of hydrogen-bond acceptors (Lipinski definition) is 3. The maximum absolute atomic E-state index is 13.2. The second-order valence-electron chi connectivity index (χ2n) is 6.80. The lowest BCUT2D eigenvalue weighted by Gasteiger charge is -2.32. The molecule has 156 valence electrons. The molecule has 1 fully saturated rings. The highest BCUT2D eigenvalue weighted by Gasteiger charge is 2.25. The van der Waals surface area contributed by atoms with E-state index in [1.165, 1.54) is 24.3 Å². The van der Waals surface area contributed by atoms with E-state index in [1.54, 1.807) is 4.90 Å².